The Morgan fingerprint density at radius 1 is 1.43 bits per heavy atom. The summed E-state index contributed by atoms with van der Waals surface area (Å²) in [4.78, 5) is 18.2. The Hall–Kier alpha value is -1.44. The quantitative estimate of drug-likeness (QED) is 0.721. The summed E-state index contributed by atoms with van der Waals surface area (Å²) in [6.45, 7) is 2.42. The number of rotatable bonds is 3. The van der Waals surface area contributed by atoms with Crippen molar-refractivity contribution in [2.75, 3.05) is 5.73 Å². The zero-order valence-corrected chi connectivity index (χ0v) is 14.4. The van der Waals surface area contributed by atoms with Gasteiger partial charge in [0.2, 0.25) is 0 Å². The molecule has 7 heteroatoms. The first-order chi connectivity index (χ1) is 10.0. The maximum absolute atomic E-state index is 12.3. The summed E-state index contributed by atoms with van der Waals surface area (Å²) in [5.41, 5.74) is 6.62. The van der Waals surface area contributed by atoms with E-state index in [4.69, 9.17) is 5.73 Å². The van der Waals surface area contributed by atoms with E-state index in [9.17, 15) is 4.79 Å². The minimum Gasteiger partial charge on any atom is -0.397 e. The number of nitrogen functional groups attached to an aromatic ring is 1. The van der Waals surface area contributed by atoms with Crippen LogP contribution in [0.3, 0.4) is 0 Å². The number of hydrogen-bond donors (Lipinski definition) is 2. The molecule has 1 aromatic carbocycles. The number of aryl methyl sites for hydroxylation is 1. The van der Waals surface area contributed by atoms with E-state index in [2.05, 4.69) is 26.2 Å². The van der Waals surface area contributed by atoms with Crippen LogP contribution in [0.4, 0.5) is 5.69 Å². The van der Waals surface area contributed by atoms with Crippen LogP contribution < -0.4 is 11.1 Å². The van der Waals surface area contributed by atoms with Crippen LogP contribution in [0.1, 0.15) is 19.6 Å². The van der Waals surface area contributed by atoms with Gasteiger partial charge in [-0.3, -0.25) is 4.79 Å². The summed E-state index contributed by atoms with van der Waals surface area (Å²) in [6.07, 6.45) is 1.80. The predicted octanol–water partition coefficient (Wildman–Crippen LogP) is 3.94. The Morgan fingerprint density at radius 2 is 2.24 bits per heavy atom. The lowest BCUT2D eigenvalue weighted by Gasteiger charge is -2.01. The first kappa shape index (κ1) is 14.5. The number of nitrogens with one attached hydrogen (secondary N) is 1. The largest absolute Gasteiger partial charge is 0.397 e. The van der Waals surface area contributed by atoms with E-state index in [1.54, 1.807) is 17.5 Å². The Kier molecular flexibility index (Phi) is 3.97. The number of anilines is 1. The summed E-state index contributed by atoms with van der Waals surface area (Å²) < 4.78 is 1.97. The van der Waals surface area contributed by atoms with E-state index in [0.717, 1.165) is 24.4 Å². The summed E-state index contributed by atoms with van der Waals surface area (Å²) in [5, 5.41) is 4.68. The number of benzene rings is 1. The lowest BCUT2D eigenvalue weighted by molar-refractivity contribution is 0.0956. The highest BCUT2D eigenvalue weighted by atomic mass is 79.9. The minimum atomic E-state index is -0.155. The standard InChI is InChI=1S/C14H12BrN3OS2/c1-7-5-17-11(20-7)6-18-14(19)13-12(16)9-3-2-8(15)4-10(9)21-13/h2-5H,6,16H2,1H3,(H,18,19). The summed E-state index contributed by atoms with van der Waals surface area (Å²) in [7, 11) is 0. The van der Waals surface area contributed by atoms with Gasteiger partial charge in [-0.15, -0.1) is 22.7 Å². The van der Waals surface area contributed by atoms with Gasteiger partial charge in [0.1, 0.15) is 9.88 Å². The molecule has 0 aliphatic rings. The number of fused-ring (bicyclic) bond motifs is 1. The fraction of sp³-hybridized carbons (Fsp3) is 0.143. The molecule has 108 valence electrons. The van der Waals surface area contributed by atoms with E-state index in [-0.39, 0.29) is 5.91 Å². The second kappa shape index (κ2) is 5.75. The summed E-state index contributed by atoms with van der Waals surface area (Å²) in [5.74, 6) is -0.155. The van der Waals surface area contributed by atoms with Crippen molar-refractivity contribution >= 4 is 60.3 Å². The number of carbonyl (C=O) groups excluding carboxylic acids is 1. The average Bonchev–Trinajstić information content (AvgIpc) is 3.00. The van der Waals surface area contributed by atoms with Crippen LogP contribution in [-0.4, -0.2) is 10.9 Å². The van der Waals surface area contributed by atoms with Crippen molar-refractivity contribution in [3.05, 3.63) is 43.6 Å². The lowest BCUT2D eigenvalue weighted by atomic mass is 10.2. The molecular formula is C14H12BrN3OS2. The number of halogens is 1. The van der Waals surface area contributed by atoms with Crippen LogP contribution >= 0.6 is 38.6 Å². The zero-order valence-electron chi connectivity index (χ0n) is 11.1. The highest BCUT2D eigenvalue weighted by molar-refractivity contribution is 9.10. The zero-order chi connectivity index (χ0) is 15.0. The van der Waals surface area contributed by atoms with Gasteiger partial charge in [-0.2, -0.15) is 0 Å². The molecule has 0 aliphatic carbocycles. The number of amides is 1. The van der Waals surface area contributed by atoms with Crippen molar-refractivity contribution in [3.63, 3.8) is 0 Å². The molecular weight excluding hydrogens is 370 g/mol. The van der Waals surface area contributed by atoms with Gasteiger partial charge < -0.3 is 11.1 Å². The monoisotopic (exact) mass is 381 g/mol. The molecule has 2 aromatic heterocycles. The van der Waals surface area contributed by atoms with E-state index in [0.29, 0.717) is 17.1 Å². The first-order valence-corrected chi connectivity index (χ1v) is 8.64. The Balaban J connectivity index is 1.82. The van der Waals surface area contributed by atoms with Gasteiger partial charge in [-0.25, -0.2) is 4.98 Å². The Morgan fingerprint density at radius 3 is 2.95 bits per heavy atom. The molecule has 3 N–H and O–H groups in total. The third-order valence-electron chi connectivity index (χ3n) is 2.97. The molecule has 2 heterocycles. The number of carbonyl (C=O) groups is 1. The highest BCUT2D eigenvalue weighted by Crippen LogP contribution is 2.35. The number of nitrogens with two attached hydrogens (primary N) is 1. The summed E-state index contributed by atoms with van der Waals surface area (Å²) >= 11 is 6.40. The van der Waals surface area contributed by atoms with Crippen LogP contribution in [-0.2, 0) is 6.54 Å². The van der Waals surface area contributed by atoms with Gasteiger partial charge in [-0.05, 0) is 19.1 Å². The van der Waals surface area contributed by atoms with E-state index in [1.165, 1.54) is 11.3 Å². The number of thiazole rings is 1. The molecule has 3 aromatic rings. The van der Waals surface area contributed by atoms with Gasteiger partial charge in [0.05, 0.1) is 12.2 Å². The van der Waals surface area contributed by atoms with E-state index < -0.39 is 0 Å². The molecule has 0 atom stereocenters. The predicted molar refractivity (Wildman–Crippen MR) is 92.0 cm³/mol. The molecule has 0 saturated carbocycles. The minimum absolute atomic E-state index is 0.155. The molecule has 4 nitrogen and oxygen atoms in total. The van der Waals surface area contributed by atoms with Crippen molar-refractivity contribution in [2.45, 2.75) is 13.5 Å². The number of aromatic nitrogens is 1. The molecule has 0 aliphatic heterocycles. The molecule has 1 amide bonds. The third kappa shape index (κ3) is 2.95. The lowest BCUT2D eigenvalue weighted by Crippen LogP contribution is -2.22. The average molecular weight is 382 g/mol. The fourth-order valence-electron chi connectivity index (χ4n) is 1.98. The van der Waals surface area contributed by atoms with Crippen molar-refractivity contribution < 1.29 is 4.79 Å². The second-order valence-electron chi connectivity index (χ2n) is 4.53. The van der Waals surface area contributed by atoms with Crippen molar-refractivity contribution in [2.24, 2.45) is 0 Å². The van der Waals surface area contributed by atoms with Gasteiger partial charge in [0, 0.05) is 25.6 Å². The number of nitrogens with zero attached hydrogens (tertiary/aromatic N) is 1. The molecule has 0 bridgehead atoms. The van der Waals surface area contributed by atoms with Crippen LogP contribution in [0.25, 0.3) is 10.1 Å². The molecule has 3 rings (SSSR count). The van der Waals surface area contributed by atoms with Crippen molar-refractivity contribution in [1.82, 2.24) is 10.3 Å². The van der Waals surface area contributed by atoms with E-state index >= 15 is 0 Å². The molecule has 0 fully saturated rings. The molecule has 21 heavy (non-hydrogen) atoms. The van der Waals surface area contributed by atoms with Gasteiger partial charge in [0.25, 0.3) is 5.91 Å². The van der Waals surface area contributed by atoms with Crippen LogP contribution in [0.5, 0.6) is 0 Å². The Labute approximate surface area is 138 Å². The molecule has 0 saturated heterocycles. The second-order valence-corrected chi connectivity index (χ2v) is 7.82. The number of hydrogen-bond acceptors (Lipinski definition) is 5. The number of thiophene rings is 1. The first-order valence-electron chi connectivity index (χ1n) is 6.21. The smallest absolute Gasteiger partial charge is 0.263 e. The highest BCUT2D eigenvalue weighted by Gasteiger charge is 2.16. The topological polar surface area (TPSA) is 68.0 Å². The maximum Gasteiger partial charge on any atom is 0.263 e. The SMILES string of the molecule is Cc1cnc(CNC(=O)c2sc3cc(Br)ccc3c2N)s1. The van der Waals surface area contributed by atoms with Crippen LogP contribution in [0.2, 0.25) is 0 Å². The normalized spacial score (nSPS) is 11.0. The molecule has 0 unspecified atom stereocenters. The van der Waals surface area contributed by atoms with E-state index in [1.807, 2.05) is 25.1 Å². The third-order valence-corrected chi connectivity index (χ3v) is 5.54. The molecule has 0 radical (unpaired) electrons. The maximum atomic E-state index is 12.3. The van der Waals surface area contributed by atoms with Crippen LogP contribution in [0, 0.1) is 6.92 Å². The van der Waals surface area contributed by atoms with Gasteiger partial charge in [-0.1, -0.05) is 22.0 Å². The fourth-order valence-corrected chi connectivity index (χ4v) is 4.30. The van der Waals surface area contributed by atoms with Crippen LogP contribution in [0.15, 0.2) is 28.9 Å². The van der Waals surface area contributed by atoms with Crippen molar-refractivity contribution in [1.29, 1.82) is 0 Å². The van der Waals surface area contributed by atoms with Crippen molar-refractivity contribution in [3.8, 4) is 0 Å². The van der Waals surface area contributed by atoms with Gasteiger partial charge >= 0.3 is 0 Å². The summed E-state index contributed by atoms with van der Waals surface area (Å²) in [6, 6.07) is 5.81. The molecule has 0 spiro atoms. The Bertz CT molecular complexity index is 825. The van der Waals surface area contributed by atoms with Gasteiger partial charge in [0.15, 0.2) is 0 Å².